The minimum atomic E-state index is -0.598. The third kappa shape index (κ3) is 5.77. The van der Waals surface area contributed by atoms with Crippen molar-refractivity contribution in [2.75, 3.05) is 37.6 Å². The summed E-state index contributed by atoms with van der Waals surface area (Å²) in [6.07, 6.45) is 0. The Balaban J connectivity index is 1.36. The van der Waals surface area contributed by atoms with Gasteiger partial charge in [0.1, 0.15) is 12.4 Å². The number of amides is 2. The first-order valence-electron chi connectivity index (χ1n) is 11.6. The minimum absolute atomic E-state index is 0.0364. The van der Waals surface area contributed by atoms with E-state index in [1.165, 1.54) is 23.1 Å². The molecule has 0 spiro atoms. The van der Waals surface area contributed by atoms with Crippen LogP contribution in [0.25, 0.3) is 11.3 Å². The molecule has 1 aliphatic rings. The highest BCUT2D eigenvalue weighted by Gasteiger charge is 2.28. The molecule has 1 aromatic heterocycles. The summed E-state index contributed by atoms with van der Waals surface area (Å²) >= 11 is 12.2. The molecule has 36 heavy (non-hydrogen) atoms. The maximum Gasteiger partial charge on any atom is 0.257 e. The molecule has 2 heterocycles. The average molecular weight is 530 g/mol. The number of rotatable bonds is 6. The molecule has 0 radical (unpaired) electrons. The lowest BCUT2D eigenvalue weighted by atomic mass is 10.1. The van der Waals surface area contributed by atoms with E-state index in [0.717, 1.165) is 5.56 Å². The summed E-state index contributed by atoms with van der Waals surface area (Å²) in [5, 5.41) is 9.70. The van der Waals surface area contributed by atoms with Crippen LogP contribution in [0.2, 0.25) is 10.0 Å². The summed E-state index contributed by atoms with van der Waals surface area (Å²) in [6.45, 7) is 5.61. The van der Waals surface area contributed by atoms with E-state index in [9.17, 15) is 14.0 Å². The summed E-state index contributed by atoms with van der Waals surface area (Å²) in [4.78, 5) is 31.1. The topological polar surface area (TPSA) is 69.6 Å². The van der Waals surface area contributed by atoms with E-state index in [-0.39, 0.29) is 24.1 Å². The molecule has 0 bridgehead atoms. The number of benzene rings is 2. The summed E-state index contributed by atoms with van der Waals surface area (Å²) in [5.74, 6) is -0.563. The fraction of sp³-hybridized carbons (Fsp3) is 0.308. The molecule has 188 valence electrons. The van der Waals surface area contributed by atoms with Crippen LogP contribution >= 0.6 is 23.2 Å². The minimum Gasteiger partial charge on any atom is -0.352 e. The van der Waals surface area contributed by atoms with Gasteiger partial charge in [0, 0.05) is 42.8 Å². The number of carbonyl (C=O) groups is 2. The van der Waals surface area contributed by atoms with Crippen LogP contribution in [-0.2, 0) is 4.79 Å². The van der Waals surface area contributed by atoms with Crippen molar-refractivity contribution in [2.24, 2.45) is 0 Å². The second-order valence-electron chi connectivity index (χ2n) is 8.78. The molecule has 0 atom stereocenters. The Kier molecular flexibility index (Phi) is 8.06. The first-order chi connectivity index (χ1) is 17.2. The van der Waals surface area contributed by atoms with Gasteiger partial charge in [0.05, 0.1) is 16.3 Å². The van der Waals surface area contributed by atoms with Gasteiger partial charge >= 0.3 is 0 Å². The van der Waals surface area contributed by atoms with Crippen LogP contribution in [0.3, 0.4) is 0 Å². The quantitative estimate of drug-likeness (QED) is 0.459. The molecular weight excluding hydrogens is 504 g/mol. The highest BCUT2D eigenvalue weighted by Crippen LogP contribution is 2.29. The zero-order valence-electron chi connectivity index (χ0n) is 20.0. The standard InChI is InChI=1S/C26H26Cl2FN5O2/c1-17(2)34(26(36)20-5-3-4-6-22(20)29)16-25(35)33-13-11-32(12-14-33)24-10-9-23(30-31-24)19-8-7-18(27)15-21(19)28/h3-10,15,17H,11-14,16H2,1-2H3. The van der Waals surface area contributed by atoms with Crippen LogP contribution in [0.5, 0.6) is 0 Å². The van der Waals surface area contributed by atoms with Crippen molar-refractivity contribution in [1.29, 1.82) is 0 Å². The fourth-order valence-electron chi connectivity index (χ4n) is 4.04. The molecule has 10 heteroatoms. The predicted molar refractivity (Wildman–Crippen MR) is 139 cm³/mol. The number of anilines is 1. The molecule has 2 aromatic carbocycles. The van der Waals surface area contributed by atoms with Crippen molar-refractivity contribution < 1.29 is 14.0 Å². The van der Waals surface area contributed by atoms with E-state index in [4.69, 9.17) is 23.2 Å². The van der Waals surface area contributed by atoms with Crippen molar-refractivity contribution in [3.05, 3.63) is 76.0 Å². The summed E-state index contributed by atoms with van der Waals surface area (Å²) in [6, 6.07) is 14.5. The smallest absolute Gasteiger partial charge is 0.257 e. The van der Waals surface area contributed by atoms with Crippen molar-refractivity contribution >= 4 is 40.8 Å². The van der Waals surface area contributed by atoms with Crippen molar-refractivity contribution in [3.8, 4) is 11.3 Å². The van der Waals surface area contributed by atoms with Gasteiger partial charge in [0.15, 0.2) is 5.82 Å². The normalized spacial score (nSPS) is 13.7. The van der Waals surface area contributed by atoms with Crippen LogP contribution in [0.4, 0.5) is 10.2 Å². The molecule has 2 amide bonds. The number of piperazine rings is 1. The second kappa shape index (κ2) is 11.2. The maximum absolute atomic E-state index is 14.1. The van der Waals surface area contributed by atoms with E-state index < -0.39 is 11.7 Å². The lowest BCUT2D eigenvalue weighted by Gasteiger charge is -2.36. The van der Waals surface area contributed by atoms with Crippen LogP contribution < -0.4 is 4.90 Å². The van der Waals surface area contributed by atoms with Gasteiger partial charge in [-0.3, -0.25) is 9.59 Å². The molecular formula is C26H26Cl2FN5O2. The molecule has 0 N–H and O–H groups in total. The van der Waals surface area contributed by atoms with Crippen LogP contribution in [0, 0.1) is 5.82 Å². The predicted octanol–water partition coefficient (Wildman–Crippen LogP) is 4.79. The Morgan fingerprint density at radius 2 is 1.72 bits per heavy atom. The Bertz CT molecular complexity index is 1250. The van der Waals surface area contributed by atoms with Crippen LogP contribution in [0.15, 0.2) is 54.6 Å². The first-order valence-corrected chi connectivity index (χ1v) is 12.4. The van der Waals surface area contributed by atoms with Gasteiger partial charge in [-0.25, -0.2) is 4.39 Å². The van der Waals surface area contributed by atoms with Gasteiger partial charge in [-0.15, -0.1) is 10.2 Å². The largest absolute Gasteiger partial charge is 0.352 e. The molecule has 3 aromatic rings. The Labute approximate surface area is 219 Å². The molecule has 1 saturated heterocycles. The number of aromatic nitrogens is 2. The van der Waals surface area contributed by atoms with E-state index >= 15 is 0 Å². The SMILES string of the molecule is CC(C)N(CC(=O)N1CCN(c2ccc(-c3ccc(Cl)cc3Cl)nn2)CC1)C(=O)c1ccccc1F. The summed E-state index contributed by atoms with van der Waals surface area (Å²) < 4.78 is 14.1. The fourth-order valence-corrected chi connectivity index (χ4v) is 4.55. The van der Waals surface area contributed by atoms with E-state index in [1.54, 1.807) is 29.2 Å². The number of halogens is 3. The molecule has 7 nitrogen and oxygen atoms in total. The van der Waals surface area contributed by atoms with Gasteiger partial charge < -0.3 is 14.7 Å². The van der Waals surface area contributed by atoms with Gasteiger partial charge in [0.2, 0.25) is 5.91 Å². The zero-order valence-corrected chi connectivity index (χ0v) is 21.5. The lowest BCUT2D eigenvalue weighted by molar-refractivity contribution is -0.132. The van der Waals surface area contributed by atoms with Gasteiger partial charge in [-0.2, -0.15) is 0 Å². The lowest BCUT2D eigenvalue weighted by Crippen LogP contribution is -2.53. The second-order valence-corrected chi connectivity index (χ2v) is 9.62. The Hall–Kier alpha value is -3.23. The first kappa shape index (κ1) is 25.9. The van der Waals surface area contributed by atoms with E-state index in [1.807, 2.05) is 26.0 Å². The number of hydrogen-bond donors (Lipinski definition) is 0. The molecule has 0 unspecified atom stereocenters. The third-order valence-corrected chi connectivity index (χ3v) is 6.66. The van der Waals surface area contributed by atoms with Crippen molar-refractivity contribution in [1.82, 2.24) is 20.0 Å². The molecule has 0 saturated carbocycles. The summed E-state index contributed by atoms with van der Waals surface area (Å²) in [7, 11) is 0. The number of hydrogen-bond acceptors (Lipinski definition) is 5. The van der Waals surface area contributed by atoms with E-state index in [0.29, 0.717) is 47.7 Å². The van der Waals surface area contributed by atoms with Crippen molar-refractivity contribution in [2.45, 2.75) is 19.9 Å². The van der Waals surface area contributed by atoms with Crippen molar-refractivity contribution in [3.63, 3.8) is 0 Å². The van der Waals surface area contributed by atoms with Gasteiger partial charge in [-0.05, 0) is 56.3 Å². The maximum atomic E-state index is 14.1. The zero-order chi connectivity index (χ0) is 25.8. The average Bonchev–Trinajstić information content (AvgIpc) is 2.87. The van der Waals surface area contributed by atoms with E-state index in [2.05, 4.69) is 15.1 Å². The highest BCUT2D eigenvalue weighted by molar-refractivity contribution is 6.36. The molecule has 1 fully saturated rings. The van der Waals surface area contributed by atoms with Gasteiger partial charge in [0.25, 0.3) is 5.91 Å². The Morgan fingerprint density at radius 3 is 2.33 bits per heavy atom. The monoisotopic (exact) mass is 529 g/mol. The van der Waals surface area contributed by atoms with Crippen LogP contribution in [0.1, 0.15) is 24.2 Å². The molecule has 4 rings (SSSR count). The number of nitrogens with zero attached hydrogens (tertiary/aromatic N) is 5. The molecule has 1 aliphatic heterocycles. The van der Waals surface area contributed by atoms with Gasteiger partial charge in [-0.1, -0.05) is 35.3 Å². The number of carbonyl (C=O) groups excluding carboxylic acids is 2. The molecule has 0 aliphatic carbocycles. The van der Waals surface area contributed by atoms with Crippen LogP contribution in [-0.4, -0.2) is 70.6 Å². The Morgan fingerprint density at radius 1 is 1.00 bits per heavy atom. The summed E-state index contributed by atoms with van der Waals surface area (Å²) in [5.41, 5.74) is 1.35. The highest BCUT2D eigenvalue weighted by atomic mass is 35.5. The third-order valence-electron chi connectivity index (χ3n) is 6.11.